The van der Waals surface area contributed by atoms with Gasteiger partial charge in [0.15, 0.2) is 11.5 Å². The molecule has 1 unspecified atom stereocenters. The summed E-state index contributed by atoms with van der Waals surface area (Å²) in [4.78, 5) is 2.22. The highest BCUT2D eigenvalue weighted by Crippen LogP contribution is 2.40. The predicted octanol–water partition coefficient (Wildman–Crippen LogP) is 3.55. The van der Waals surface area contributed by atoms with Crippen LogP contribution in [0.4, 0.5) is 0 Å². The summed E-state index contributed by atoms with van der Waals surface area (Å²) in [5, 5.41) is 10.1. The molecular weight excluding hydrogens is 288 g/mol. The lowest BCUT2D eigenvalue weighted by Gasteiger charge is -2.31. The molecule has 2 heterocycles. The normalized spacial score (nSPS) is 20.4. The molecule has 4 nitrogen and oxygen atoms in total. The maximum atomic E-state index is 9.58. The van der Waals surface area contributed by atoms with Crippen molar-refractivity contribution in [3.05, 3.63) is 22.7 Å². The van der Waals surface area contributed by atoms with Gasteiger partial charge in [-0.3, -0.25) is 4.90 Å². The van der Waals surface area contributed by atoms with Gasteiger partial charge in [-0.2, -0.15) is 5.26 Å². The molecule has 1 atom stereocenters. The summed E-state index contributed by atoms with van der Waals surface area (Å²) in [6, 6.07) is 5.90. The first-order chi connectivity index (χ1) is 10.3. The first-order valence-electron chi connectivity index (χ1n) is 7.52. The molecule has 1 saturated heterocycles. The Hall–Kier alpha value is -1.44. The first-order valence-corrected chi connectivity index (χ1v) is 7.90. The van der Waals surface area contributed by atoms with E-state index in [1.54, 1.807) is 0 Å². The van der Waals surface area contributed by atoms with Crippen molar-refractivity contribution in [3.8, 4) is 17.6 Å². The van der Waals surface area contributed by atoms with Crippen molar-refractivity contribution in [3.63, 3.8) is 0 Å². The Kier molecular flexibility index (Phi) is 4.52. The molecule has 112 valence electrons. The van der Waals surface area contributed by atoms with Crippen LogP contribution < -0.4 is 9.47 Å². The van der Waals surface area contributed by atoms with Crippen LogP contribution >= 0.6 is 11.6 Å². The third kappa shape index (κ3) is 3.09. The Labute approximate surface area is 130 Å². The summed E-state index contributed by atoms with van der Waals surface area (Å²) in [6.45, 7) is 3.15. The van der Waals surface area contributed by atoms with Gasteiger partial charge in [-0.1, -0.05) is 18.0 Å². The number of nitriles is 1. The van der Waals surface area contributed by atoms with E-state index in [9.17, 15) is 5.26 Å². The van der Waals surface area contributed by atoms with Gasteiger partial charge in [0.1, 0.15) is 6.04 Å². The van der Waals surface area contributed by atoms with Crippen molar-refractivity contribution in [1.29, 1.82) is 5.26 Å². The summed E-state index contributed by atoms with van der Waals surface area (Å²) >= 11 is 6.33. The summed E-state index contributed by atoms with van der Waals surface area (Å²) in [5.74, 6) is 1.26. The van der Waals surface area contributed by atoms with Gasteiger partial charge in [-0.25, -0.2) is 0 Å². The standard InChI is InChI=1S/C16H19ClN2O2/c17-13-9-12(10-15-16(13)21-8-4-7-20-15)14(11-18)19-5-2-1-3-6-19/h9-10,14H,1-8H2. The number of hydrogen-bond donors (Lipinski definition) is 0. The Bertz CT molecular complexity index is 550. The van der Waals surface area contributed by atoms with Gasteiger partial charge in [-0.15, -0.1) is 0 Å². The number of likely N-dealkylation sites (tertiary alicyclic amines) is 1. The summed E-state index contributed by atoms with van der Waals surface area (Å²) < 4.78 is 11.4. The monoisotopic (exact) mass is 306 g/mol. The molecule has 2 aliphatic heterocycles. The number of ether oxygens (including phenoxy) is 2. The zero-order valence-corrected chi connectivity index (χ0v) is 12.7. The number of benzene rings is 1. The number of fused-ring (bicyclic) bond motifs is 1. The van der Waals surface area contributed by atoms with Crippen LogP contribution in [-0.2, 0) is 0 Å². The van der Waals surface area contributed by atoms with Gasteiger partial charge in [0, 0.05) is 6.42 Å². The second-order valence-corrected chi connectivity index (χ2v) is 5.92. The molecule has 0 N–H and O–H groups in total. The van der Waals surface area contributed by atoms with E-state index in [4.69, 9.17) is 21.1 Å². The minimum atomic E-state index is -0.264. The molecule has 0 amide bonds. The Morgan fingerprint density at radius 1 is 1.10 bits per heavy atom. The van der Waals surface area contributed by atoms with Gasteiger partial charge in [0.25, 0.3) is 0 Å². The van der Waals surface area contributed by atoms with Gasteiger partial charge < -0.3 is 9.47 Å². The van der Waals surface area contributed by atoms with Crippen LogP contribution in [0.5, 0.6) is 11.5 Å². The Morgan fingerprint density at radius 2 is 1.86 bits per heavy atom. The topological polar surface area (TPSA) is 45.5 Å². The highest BCUT2D eigenvalue weighted by atomic mass is 35.5. The van der Waals surface area contributed by atoms with Gasteiger partial charge in [0.05, 0.1) is 24.3 Å². The second kappa shape index (κ2) is 6.55. The third-order valence-corrected chi connectivity index (χ3v) is 4.30. The average Bonchev–Trinajstić information content (AvgIpc) is 2.75. The summed E-state index contributed by atoms with van der Waals surface area (Å²) in [6.07, 6.45) is 4.39. The average molecular weight is 307 g/mol. The lowest BCUT2D eigenvalue weighted by molar-refractivity contribution is 0.195. The summed E-state index contributed by atoms with van der Waals surface area (Å²) in [7, 11) is 0. The Morgan fingerprint density at radius 3 is 2.62 bits per heavy atom. The molecule has 3 rings (SSSR count). The van der Waals surface area contributed by atoms with E-state index in [1.165, 1.54) is 6.42 Å². The van der Waals surface area contributed by atoms with E-state index in [-0.39, 0.29) is 6.04 Å². The minimum absolute atomic E-state index is 0.264. The molecule has 0 aliphatic carbocycles. The lowest BCUT2D eigenvalue weighted by Crippen LogP contribution is -2.33. The maximum absolute atomic E-state index is 9.58. The maximum Gasteiger partial charge on any atom is 0.179 e. The predicted molar refractivity (Wildman–Crippen MR) is 80.8 cm³/mol. The molecule has 1 aromatic carbocycles. The van der Waals surface area contributed by atoms with Crippen LogP contribution in [0, 0.1) is 11.3 Å². The van der Waals surface area contributed by atoms with Crippen LogP contribution in [0.1, 0.15) is 37.3 Å². The number of rotatable bonds is 2. The molecule has 0 radical (unpaired) electrons. The smallest absolute Gasteiger partial charge is 0.179 e. The largest absolute Gasteiger partial charge is 0.489 e. The van der Waals surface area contributed by atoms with Gasteiger partial charge in [-0.05, 0) is 43.6 Å². The highest BCUT2D eigenvalue weighted by molar-refractivity contribution is 6.32. The molecule has 0 spiro atoms. The molecule has 0 bridgehead atoms. The SMILES string of the molecule is N#CC(c1cc(Cl)c2c(c1)OCCCO2)N1CCCCC1. The Balaban J connectivity index is 1.92. The van der Waals surface area contributed by atoms with Crippen LogP contribution in [0.3, 0.4) is 0 Å². The van der Waals surface area contributed by atoms with E-state index < -0.39 is 0 Å². The van der Waals surface area contributed by atoms with E-state index in [0.29, 0.717) is 29.7 Å². The quantitative estimate of drug-likeness (QED) is 0.838. The van der Waals surface area contributed by atoms with E-state index >= 15 is 0 Å². The zero-order valence-electron chi connectivity index (χ0n) is 12.0. The third-order valence-electron chi connectivity index (χ3n) is 4.02. The molecule has 1 aromatic rings. The van der Waals surface area contributed by atoms with Gasteiger partial charge >= 0.3 is 0 Å². The first kappa shape index (κ1) is 14.5. The molecule has 1 fully saturated rings. The van der Waals surface area contributed by atoms with Crippen LogP contribution in [-0.4, -0.2) is 31.2 Å². The molecular formula is C16H19ClN2O2. The lowest BCUT2D eigenvalue weighted by atomic mass is 10.0. The van der Waals surface area contributed by atoms with Crippen molar-refractivity contribution in [1.82, 2.24) is 4.90 Å². The number of piperidine rings is 1. The van der Waals surface area contributed by atoms with Crippen molar-refractivity contribution >= 4 is 11.6 Å². The zero-order chi connectivity index (χ0) is 14.7. The summed E-state index contributed by atoms with van der Waals surface area (Å²) in [5.41, 5.74) is 0.897. The van der Waals surface area contributed by atoms with Crippen molar-refractivity contribution in [2.24, 2.45) is 0 Å². The molecule has 2 aliphatic rings. The van der Waals surface area contributed by atoms with E-state index in [0.717, 1.165) is 37.9 Å². The number of halogens is 1. The van der Waals surface area contributed by atoms with Crippen molar-refractivity contribution in [2.75, 3.05) is 26.3 Å². The second-order valence-electron chi connectivity index (χ2n) is 5.51. The minimum Gasteiger partial charge on any atom is -0.489 e. The van der Waals surface area contributed by atoms with Crippen LogP contribution in [0.25, 0.3) is 0 Å². The van der Waals surface area contributed by atoms with Crippen LogP contribution in [0.2, 0.25) is 5.02 Å². The fourth-order valence-corrected chi connectivity index (χ4v) is 3.23. The van der Waals surface area contributed by atoms with Crippen LogP contribution in [0.15, 0.2) is 12.1 Å². The van der Waals surface area contributed by atoms with E-state index in [2.05, 4.69) is 11.0 Å². The molecule has 0 aromatic heterocycles. The fourth-order valence-electron chi connectivity index (χ4n) is 2.95. The molecule has 5 heteroatoms. The molecule has 0 saturated carbocycles. The number of hydrogen-bond acceptors (Lipinski definition) is 4. The van der Waals surface area contributed by atoms with Crippen molar-refractivity contribution in [2.45, 2.75) is 31.7 Å². The highest BCUT2D eigenvalue weighted by Gasteiger charge is 2.25. The fraction of sp³-hybridized carbons (Fsp3) is 0.562. The van der Waals surface area contributed by atoms with Gasteiger partial charge in [0.2, 0.25) is 0 Å². The molecule has 21 heavy (non-hydrogen) atoms. The number of nitrogens with zero attached hydrogens (tertiary/aromatic N) is 2. The van der Waals surface area contributed by atoms with E-state index in [1.807, 2.05) is 12.1 Å². The van der Waals surface area contributed by atoms with Crippen molar-refractivity contribution < 1.29 is 9.47 Å².